The van der Waals surface area contributed by atoms with E-state index in [1.165, 1.54) is 0 Å². The van der Waals surface area contributed by atoms with E-state index in [2.05, 4.69) is 19.2 Å². The van der Waals surface area contributed by atoms with Gasteiger partial charge >= 0.3 is 0 Å². The highest BCUT2D eigenvalue weighted by Crippen LogP contribution is 2.20. The number of primary sulfonamides is 1. The van der Waals surface area contributed by atoms with Gasteiger partial charge in [0.05, 0.1) is 4.90 Å². The Balaban J connectivity index is 2.87. The van der Waals surface area contributed by atoms with Crippen LogP contribution in [0.1, 0.15) is 19.4 Å². The van der Waals surface area contributed by atoms with Crippen LogP contribution in [0.2, 0.25) is 0 Å². The van der Waals surface area contributed by atoms with Crippen molar-refractivity contribution in [2.24, 2.45) is 22.7 Å². The zero-order valence-corrected chi connectivity index (χ0v) is 12.5. The summed E-state index contributed by atoms with van der Waals surface area (Å²) in [7, 11) is -3.68. The molecule has 1 rings (SSSR count). The Hall–Kier alpha value is -1.11. The number of aryl methyl sites for hydroxylation is 1. The van der Waals surface area contributed by atoms with Crippen molar-refractivity contribution in [1.82, 2.24) is 0 Å². The van der Waals surface area contributed by atoms with E-state index in [9.17, 15) is 8.42 Å². The van der Waals surface area contributed by atoms with E-state index < -0.39 is 10.0 Å². The van der Waals surface area contributed by atoms with E-state index in [1.807, 2.05) is 6.07 Å². The fourth-order valence-electron chi connectivity index (χ4n) is 1.86. The smallest absolute Gasteiger partial charge is 0.238 e. The van der Waals surface area contributed by atoms with Crippen molar-refractivity contribution in [2.45, 2.75) is 25.7 Å². The zero-order chi connectivity index (χ0) is 14.6. The lowest BCUT2D eigenvalue weighted by atomic mass is 9.96. The summed E-state index contributed by atoms with van der Waals surface area (Å²) in [5, 5.41) is 8.40. The number of hydrogen-bond donors (Lipinski definition) is 3. The lowest BCUT2D eigenvalue weighted by Gasteiger charge is -2.20. The average molecular weight is 285 g/mol. The van der Waals surface area contributed by atoms with Crippen LogP contribution in [-0.4, -0.2) is 21.5 Å². The Kier molecular flexibility index (Phi) is 5.34. The van der Waals surface area contributed by atoms with Gasteiger partial charge in [-0.25, -0.2) is 13.6 Å². The van der Waals surface area contributed by atoms with E-state index in [4.69, 9.17) is 10.9 Å². The molecule has 1 atom stereocenters. The minimum atomic E-state index is -3.68. The van der Waals surface area contributed by atoms with Crippen LogP contribution in [0, 0.1) is 18.8 Å². The number of hydrogen-bond acceptors (Lipinski definition) is 4. The predicted octanol–water partition coefficient (Wildman–Crippen LogP) is 1.29. The number of rotatable bonds is 6. The van der Waals surface area contributed by atoms with Crippen LogP contribution in [0.15, 0.2) is 23.1 Å². The van der Waals surface area contributed by atoms with Gasteiger partial charge in [-0.2, -0.15) is 0 Å². The Labute approximate surface area is 115 Å². The Morgan fingerprint density at radius 2 is 1.95 bits per heavy atom. The number of anilines is 1. The largest absolute Gasteiger partial charge is 0.385 e. The quantitative estimate of drug-likeness (QED) is 0.733. The van der Waals surface area contributed by atoms with E-state index >= 15 is 0 Å². The average Bonchev–Trinajstić information content (AvgIpc) is 2.30. The Morgan fingerprint density at radius 3 is 2.42 bits per heavy atom. The summed E-state index contributed by atoms with van der Waals surface area (Å²) in [5.74, 6) is 0.819. The van der Waals surface area contributed by atoms with Crippen LogP contribution in [0.25, 0.3) is 0 Å². The Bertz CT molecular complexity index is 527. The fourth-order valence-corrected chi connectivity index (χ4v) is 2.66. The molecule has 0 saturated heterocycles. The summed E-state index contributed by atoms with van der Waals surface area (Å²) in [4.78, 5) is 0.159. The SMILES string of the molecule is Cc1ccc(NCC(CN)C(C)C)cc1S(N)(=O)=O. The molecule has 0 amide bonds. The molecule has 0 aromatic heterocycles. The van der Waals surface area contributed by atoms with Gasteiger partial charge in [-0.05, 0) is 43.0 Å². The van der Waals surface area contributed by atoms with Crippen LogP contribution in [0.4, 0.5) is 5.69 Å². The van der Waals surface area contributed by atoms with Gasteiger partial charge in [0.15, 0.2) is 0 Å². The summed E-state index contributed by atoms with van der Waals surface area (Å²) in [5.41, 5.74) is 7.10. The maximum atomic E-state index is 11.4. The third-order valence-corrected chi connectivity index (χ3v) is 4.36. The molecule has 0 aliphatic rings. The van der Waals surface area contributed by atoms with Crippen molar-refractivity contribution in [1.29, 1.82) is 0 Å². The highest BCUT2D eigenvalue weighted by atomic mass is 32.2. The molecule has 0 fully saturated rings. The topological polar surface area (TPSA) is 98.2 Å². The molecule has 0 radical (unpaired) electrons. The maximum Gasteiger partial charge on any atom is 0.238 e. The third kappa shape index (κ3) is 4.49. The lowest BCUT2D eigenvalue weighted by Crippen LogP contribution is -2.27. The summed E-state index contributed by atoms with van der Waals surface area (Å²) in [6, 6.07) is 5.16. The highest BCUT2D eigenvalue weighted by Gasteiger charge is 2.14. The van der Waals surface area contributed by atoms with Crippen molar-refractivity contribution < 1.29 is 8.42 Å². The van der Waals surface area contributed by atoms with E-state index in [0.29, 0.717) is 30.5 Å². The van der Waals surface area contributed by atoms with Gasteiger partial charge in [-0.1, -0.05) is 19.9 Å². The summed E-state index contributed by atoms with van der Waals surface area (Å²) < 4.78 is 22.9. The number of benzene rings is 1. The molecule has 108 valence electrons. The lowest BCUT2D eigenvalue weighted by molar-refractivity contribution is 0.413. The molecule has 1 aromatic rings. The Morgan fingerprint density at radius 1 is 1.32 bits per heavy atom. The van der Waals surface area contributed by atoms with Crippen molar-refractivity contribution in [3.8, 4) is 0 Å². The monoisotopic (exact) mass is 285 g/mol. The molecule has 6 heteroatoms. The maximum absolute atomic E-state index is 11.4. The van der Waals surface area contributed by atoms with Gasteiger partial charge in [-0.3, -0.25) is 0 Å². The molecule has 1 aromatic carbocycles. The third-order valence-electron chi connectivity index (χ3n) is 3.31. The standard InChI is InChI=1S/C13H23N3O2S/c1-9(2)11(7-14)8-16-12-5-4-10(3)13(6-12)19(15,17)18/h4-6,9,11,16H,7-8,14H2,1-3H3,(H2,15,17,18). The molecular formula is C13H23N3O2S. The molecule has 5 N–H and O–H groups in total. The van der Waals surface area contributed by atoms with Gasteiger partial charge < -0.3 is 11.1 Å². The van der Waals surface area contributed by atoms with Crippen LogP contribution < -0.4 is 16.2 Å². The normalized spacial score (nSPS) is 13.6. The number of nitrogens with one attached hydrogen (secondary N) is 1. The summed E-state index contributed by atoms with van der Waals surface area (Å²) in [6.45, 7) is 7.26. The first-order chi connectivity index (χ1) is 8.75. The first-order valence-corrected chi connectivity index (χ1v) is 7.87. The molecule has 5 nitrogen and oxygen atoms in total. The minimum absolute atomic E-state index is 0.159. The molecule has 0 spiro atoms. The van der Waals surface area contributed by atoms with Gasteiger partial charge in [0.2, 0.25) is 10.0 Å². The summed E-state index contributed by atoms with van der Waals surface area (Å²) >= 11 is 0. The predicted molar refractivity (Wildman–Crippen MR) is 78.4 cm³/mol. The molecule has 0 aliphatic heterocycles. The van der Waals surface area contributed by atoms with Crippen molar-refractivity contribution in [2.75, 3.05) is 18.4 Å². The fraction of sp³-hybridized carbons (Fsp3) is 0.538. The molecule has 0 heterocycles. The van der Waals surface area contributed by atoms with Gasteiger partial charge in [-0.15, -0.1) is 0 Å². The second kappa shape index (κ2) is 6.36. The van der Waals surface area contributed by atoms with Crippen LogP contribution in [-0.2, 0) is 10.0 Å². The van der Waals surface area contributed by atoms with E-state index in [0.717, 1.165) is 5.69 Å². The zero-order valence-electron chi connectivity index (χ0n) is 11.7. The molecule has 1 unspecified atom stereocenters. The summed E-state index contributed by atoms with van der Waals surface area (Å²) in [6.07, 6.45) is 0. The van der Waals surface area contributed by atoms with Gasteiger partial charge in [0.1, 0.15) is 0 Å². The second-order valence-electron chi connectivity index (χ2n) is 5.15. The van der Waals surface area contributed by atoms with Crippen molar-refractivity contribution in [3.05, 3.63) is 23.8 Å². The first kappa shape index (κ1) is 15.9. The molecular weight excluding hydrogens is 262 g/mol. The van der Waals surface area contributed by atoms with E-state index in [-0.39, 0.29) is 4.90 Å². The minimum Gasteiger partial charge on any atom is -0.385 e. The van der Waals surface area contributed by atoms with E-state index in [1.54, 1.807) is 19.1 Å². The van der Waals surface area contributed by atoms with Crippen LogP contribution in [0.3, 0.4) is 0 Å². The number of sulfonamides is 1. The first-order valence-electron chi connectivity index (χ1n) is 6.33. The van der Waals surface area contributed by atoms with Crippen molar-refractivity contribution in [3.63, 3.8) is 0 Å². The molecule has 0 saturated carbocycles. The number of nitrogens with two attached hydrogens (primary N) is 2. The highest BCUT2D eigenvalue weighted by molar-refractivity contribution is 7.89. The van der Waals surface area contributed by atoms with Gasteiger partial charge in [0, 0.05) is 12.2 Å². The molecule has 0 bridgehead atoms. The molecule has 0 aliphatic carbocycles. The molecule has 19 heavy (non-hydrogen) atoms. The van der Waals surface area contributed by atoms with Crippen LogP contribution in [0.5, 0.6) is 0 Å². The van der Waals surface area contributed by atoms with Crippen molar-refractivity contribution >= 4 is 15.7 Å². The van der Waals surface area contributed by atoms with Gasteiger partial charge in [0.25, 0.3) is 0 Å². The van der Waals surface area contributed by atoms with Crippen LogP contribution >= 0.6 is 0 Å². The second-order valence-corrected chi connectivity index (χ2v) is 6.68.